The third-order valence-corrected chi connectivity index (χ3v) is 7.43. The highest BCUT2D eigenvalue weighted by molar-refractivity contribution is 9.10. The van der Waals surface area contributed by atoms with Crippen LogP contribution in [0.15, 0.2) is 62.8 Å². The van der Waals surface area contributed by atoms with Gasteiger partial charge in [0.05, 0.1) is 15.9 Å². The standard InChI is InChI=1S/C17H19BrN2O5S2/c18-13-3-7-17(8-4-13)27(23,24)20-14-5-9-16(10-6-14)26(21,22)19-12-15-2-1-11-25-15/h3-10,15,19-20H,1-2,11-12H2/t15-/m1/s1. The van der Waals surface area contributed by atoms with E-state index in [1.165, 1.54) is 36.4 Å². The third kappa shape index (κ3) is 5.29. The van der Waals surface area contributed by atoms with Crippen molar-refractivity contribution in [1.29, 1.82) is 0 Å². The topological polar surface area (TPSA) is 102 Å². The highest BCUT2D eigenvalue weighted by atomic mass is 79.9. The monoisotopic (exact) mass is 474 g/mol. The van der Waals surface area contributed by atoms with Crippen LogP contribution in [0, 0.1) is 0 Å². The minimum Gasteiger partial charge on any atom is -0.377 e. The Bertz CT molecular complexity index is 985. The second-order valence-corrected chi connectivity index (χ2v) is 10.4. The number of sulfonamides is 2. The lowest BCUT2D eigenvalue weighted by molar-refractivity contribution is 0.114. The van der Waals surface area contributed by atoms with Crippen molar-refractivity contribution >= 4 is 41.7 Å². The molecule has 0 unspecified atom stereocenters. The summed E-state index contributed by atoms with van der Waals surface area (Å²) in [6.07, 6.45) is 1.66. The van der Waals surface area contributed by atoms with Crippen LogP contribution in [0.3, 0.4) is 0 Å². The van der Waals surface area contributed by atoms with Crippen LogP contribution in [0.5, 0.6) is 0 Å². The smallest absolute Gasteiger partial charge is 0.261 e. The molecule has 0 bridgehead atoms. The summed E-state index contributed by atoms with van der Waals surface area (Å²) in [7, 11) is -7.43. The molecule has 2 aromatic rings. The minimum absolute atomic E-state index is 0.0621. The molecule has 27 heavy (non-hydrogen) atoms. The Balaban J connectivity index is 1.68. The number of benzene rings is 2. The Morgan fingerprint density at radius 2 is 1.52 bits per heavy atom. The second-order valence-electron chi connectivity index (χ2n) is 6.07. The van der Waals surface area contributed by atoms with Gasteiger partial charge in [0.1, 0.15) is 0 Å². The van der Waals surface area contributed by atoms with Crippen LogP contribution in [0.25, 0.3) is 0 Å². The van der Waals surface area contributed by atoms with Crippen LogP contribution in [0.2, 0.25) is 0 Å². The molecule has 3 rings (SSSR count). The maximum absolute atomic E-state index is 12.4. The van der Waals surface area contributed by atoms with E-state index in [0.29, 0.717) is 6.61 Å². The Kier molecular flexibility index (Phi) is 6.21. The van der Waals surface area contributed by atoms with Gasteiger partial charge in [0.25, 0.3) is 10.0 Å². The summed E-state index contributed by atoms with van der Waals surface area (Å²) in [5, 5.41) is 0. The van der Waals surface area contributed by atoms with Crippen LogP contribution in [0.1, 0.15) is 12.8 Å². The van der Waals surface area contributed by atoms with Crippen molar-refractivity contribution in [3.63, 3.8) is 0 Å². The number of halogens is 1. The van der Waals surface area contributed by atoms with Crippen LogP contribution in [-0.2, 0) is 24.8 Å². The molecule has 2 N–H and O–H groups in total. The van der Waals surface area contributed by atoms with Gasteiger partial charge >= 0.3 is 0 Å². The summed E-state index contributed by atoms with van der Waals surface area (Å²) < 4.78 is 60.5. The fourth-order valence-electron chi connectivity index (χ4n) is 2.62. The molecule has 7 nitrogen and oxygen atoms in total. The summed E-state index contributed by atoms with van der Waals surface area (Å²) in [6, 6.07) is 11.7. The number of nitrogens with one attached hydrogen (secondary N) is 2. The Morgan fingerprint density at radius 3 is 2.11 bits per heavy atom. The molecule has 1 atom stereocenters. The zero-order valence-corrected chi connectivity index (χ0v) is 17.5. The minimum atomic E-state index is -3.75. The van der Waals surface area contributed by atoms with Crippen molar-refractivity contribution in [1.82, 2.24) is 4.72 Å². The zero-order valence-electron chi connectivity index (χ0n) is 14.3. The molecule has 0 aromatic heterocycles. The predicted molar refractivity (Wildman–Crippen MR) is 106 cm³/mol. The van der Waals surface area contributed by atoms with E-state index in [1.807, 2.05) is 0 Å². The molecule has 0 saturated carbocycles. The second kappa shape index (κ2) is 8.27. The van der Waals surface area contributed by atoms with E-state index in [2.05, 4.69) is 25.4 Å². The van der Waals surface area contributed by atoms with E-state index < -0.39 is 20.0 Å². The number of hydrogen-bond donors (Lipinski definition) is 2. The highest BCUT2D eigenvalue weighted by Crippen LogP contribution is 2.20. The molecule has 1 aliphatic heterocycles. The van der Waals surface area contributed by atoms with Crippen molar-refractivity contribution in [2.24, 2.45) is 0 Å². The van der Waals surface area contributed by atoms with E-state index in [9.17, 15) is 16.8 Å². The van der Waals surface area contributed by atoms with Gasteiger partial charge in [0, 0.05) is 23.3 Å². The maximum Gasteiger partial charge on any atom is 0.261 e. The maximum atomic E-state index is 12.4. The van der Waals surface area contributed by atoms with Gasteiger partial charge in [0.15, 0.2) is 0 Å². The molecule has 0 aliphatic carbocycles. The molecule has 1 heterocycles. The zero-order chi connectivity index (χ0) is 19.5. The molecule has 1 aliphatic rings. The summed E-state index contributed by atoms with van der Waals surface area (Å²) in [6.45, 7) is 0.875. The molecular formula is C17H19BrN2O5S2. The first-order valence-corrected chi connectivity index (χ1v) is 12.0. The lowest BCUT2D eigenvalue weighted by atomic mass is 10.2. The van der Waals surface area contributed by atoms with Gasteiger partial charge in [-0.1, -0.05) is 15.9 Å². The van der Waals surface area contributed by atoms with Crippen LogP contribution in [0.4, 0.5) is 5.69 Å². The van der Waals surface area contributed by atoms with Crippen molar-refractivity contribution < 1.29 is 21.6 Å². The van der Waals surface area contributed by atoms with Gasteiger partial charge in [-0.15, -0.1) is 0 Å². The average Bonchev–Trinajstić information content (AvgIpc) is 3.14. The van der Waals surface area contributed by atoms with Gasteiger partial charge in [-0.3, -0.25) is 4.72 Å². The van der Waals surface area contributed by atoms with Crippen LogP contribution < -0.4 is 9.44 Å². The Hall–Kier alpha value is -1.46. The molecule has 0 spiro atoms. The molecule has 1 fully saturated rings. The quantitative estimate of drug-likeness (QED) is 0.642. The van der Waals surface area contributed by atoms with Crippen LogP contribution in [-0.4, -0.2) is 36.1 Å². The summed E-state index contributed by atoms with van der Waals surface area (Å²) in [4.78, 5) is 0.174. The Labute approximate surface area is 167 Å². The summed E-state index contributed by atoms with van der Waals surface area (Å²) in [5.41, 5.74) is 0.274. The largest absolute Gasteiger partial charge is 0.377 e. The van der Waals surface area contributed by atoms with Crippen molar-refractivity contribution in [2.45, 2.75) is 28.7 Å². The number of anilines is 1. The third-order valence-electron chi connectivity index (χ3n) is 4.07. The molecule has 0 amide bonds. The van der Waals surface area contributed by atoms with Gasteiger partial charge in [-0.2, -0.15) is 0 Å². The molecule has 2 aromatic carbocycles. The first kappa shape index (κ1) is 20.3. The molecule has 0 radical (unpaired) electrons. The van der Waals surface area contributed by atoms with E-state index in [0.717, 1.165) is 17.3 Å². The van der Waals surface area contributed by atoms with Crippen molar-refractivity contribution in [2.75, 3.05) is 17.9 Å². The normalized spacial score (nSPS) is 17.7. The van der Waals surface area contributed by atoms with E-state index in [-0.39, 0.29) is 28.1 Å². The fraction of sp³-hybridized carbons (Fsp3) is 0.294. The van der Waals surface area contributed by atoms with Gasteiger partial charge in [-0.25, -0.2) is 21.6 Å². The number of ether oxygens (including phenoxy) is 1. The molecule has 146 valence electrons. The average molecular weight is 475 g/mol. The van der Waals surface area contributed by atoms with E-state index in [1.54, 1.807) is 12.1 Å². The summed E-state index contributed by atoms with van der Waals surface area (Å²) in [5.74, 6) is 0. The van der Waals surface area contributed by atoms with E-state index >= 15 is 0 Å². The molecule has 10 heteroatoms. The molecule has 1 saturated heterocycles. The number of hydrogen-bond acceptors (Lipinski definition) is 5. The lowest BCUT2D eigenvalue weighted by Gasteiger charge is -2.12. The lowest BCUT2D eigenvalue weighted by Crippen LogP contribution is -2.31. The fourth-order valence-corrected chi connectivity index (χ4v) is 5.01. The van der Waals surface area contributed by atoms with Crippen molar-refractivity contribution in [3.05, 3.63) is 53.0 Å². The Morgan fingerprint density at radius 1 is 0.926 bits per heavy atom. The molecular weight excluding hydrogens is 456 g/mol. The van der Waals surface area contributed by atoms with E-state index in [4.69, 9.17) is 4.74 Å². The van der Waals surface area contributed by atoms with Gasteiger partial charge < -0.3 is 4.74 Å². The predicted octanol–water partition coefficient (Wildman–Crippen LogP) is 2.71. The highest BCUT2D eigenvalue weighted by Gasteiger charge is 2.20. The summed E-state index contributed by atoms with van der Waals surface area (Å²) >= 11 is 3.25. The SMILES string of the molecule is O=S(=O)(NC[C@H]1CCCO1)c1ccc(NS(=O)(=O)c2ccc(Br)cc2)cc1. The first-order chi connectivity index (χ1) is 12.8. The van der Waals surface area contributed by atoms with Crippen molar-refractivity contribution in [3.8, 4) is 0 Å². The van der Waals surface area contributed by atoms with Gasteiger partial charge in [-0.05, 0) is 61.4 Å². The van der Waals surface area contributed by atoms with Crippen LogP contribution >= 0.6 is 15.9 Å². The first-order valence-electron chi connectivity index (χ1n) is 8.26. The van der Waals surface area contributed by atoms with Gasteiger partial charge in [0.2, 0.25) is 10.0 Å². The number of rotatable bonds is 7.